The highest BCUT2D eigenvalue weighted by Gasteiger charge is 2.23. The highest BCUT2D eigenvalue weighted by Crippen LogP contribution is 2.29. The fourth-order valence-electron chi connectivity index (χ4n) is 1.73. The highest BCUT2D eigenvalue weighted by molar-refractivity contribution is 5.66. The molecule has 1 fully saturated rings. The molecule has 72 valence electrons. The van der Waals surface area contributed by atoms with Gasteiger partial charge in [-0.2, -0.15) is 0 Å². The van der Waals surface area contributed by atoms with Crippen LogP contribution in [0.2, 0.25) is 0 Å². The molecule has 0 amide bonds. The van der Waals surface area contributed by atoms with Crippen molar-refractivity contribution < 1.29 is 9.47 Å². The van der Waals surface area contributed by atoms with E-state index < -0.39 is 0 Å². The maximum absolute atomic E-state index is 5.70. The molecule has 1 aliphatic carbocycles. The van der Waals surface area contributed by atoms with Gasteiger partial charge in [-0.15, -0.1) is 0 Å². The Morgan fingerprint density at radius 3 is 3.21 bits per heavy atom. The zero-order valence-corrected chi connectivity index (χ0v) is 7.90. The van der Waals surface area contributed by atoms with Crippen molar-refractivity contribution >= 4 is 6.08 Å². The minimum atomic E-state index is 0.330. The number of hydrogen-bond acceptors (Lipinski definition) is 2. The molecule has 0 saturated carbocycles. The van der Waals surface area contributed by atoms with Gasteiger partial charge in [0, 0.05) is 5.56 Å². The number of rotatable bonds is 3. The lowest BCUT2D eigenvalue weighted by atomic mass is 10.1. The lowest BCUT2D eigenvalue weighted by Gasteiger charge is -2.08. The standard InChI is InChI=1S/C12H12O2/c1-3-9-4-2-6-12(11(9)5-1)14-8-10-7-13-10/h1-2,4-6,10H,3,7-8H2. The number of allylic oxidation sites excluding steroid dienone is 1. The maximum atomic E-state index is 5.70. The zero-order valence-electron chi connectivity index (χ0n) is 7.90. The van der Waals surface area contributed by atoms with Crippen molar-refractivity contribution in [3.63, 3.8) is 0 Å². The van der Waals surface area contributed by atoms with Crippen molar-refractivity contribution in [3.8, 4) is 5.75 Å². The number of hydrogen-bond donors (Lipinski definition) is 0. The molecular weight excluding hydrogens is 176 g/mol. The van der Waals surface area contributed by atoms with Gasteiger partial charge in [0.1, 0.15) is 18.5 Å². The van der Waals surface area contributed by atoms with Crippen LogP contribution < -0.4 is 4.74 Å². The minimum absolute atomic E-state index is 0.330. The summed E-state index contributed by atoms with van der Waals surface area (Å²) < 4.78 is 10.8. The summed E-state index contributed by atoms with van der Waals surface area (Å²) in [6.45, 7) is 1.54. The number of epoxide rings is 1. The Labute approximate surface area is 83.1 Å². The van der Waals surface area contributed by atoms with Crippen molar-refractivity contribution in [3.05, 3.63) is 35.4 Å². The van der Waals surface area contributed by atoms with Crippen LogP contribution in [0.15, 0.2) is 24.3 Å². The second-order valence-electron chi connectivity index (χ2n) is 3.70. The average molecular weight is 188 g/mol. The third kappa shape index (κ3) is 1.42. The van der Waals surface area contributed by atoms with E-state index in [-0.39, 0.29) is 0 Å². The lowest BCUT2D eigenvalue weighted by molar-refractivity contribution is 0.262. The smallest absolute Gasteiger partial charge is 0.126 e. The van der Waals surface area contributed by atoms with E-state index in [0.29, 0.717) is 12.7 Å². The molecule has 0 spiro atoms. The van der Waals surface area contributed by atoms with Crippen LogP contribution >= 0.6 is 0 Å². The van der Waals surface area contributed by atoms with E-state index in [1.165, 1.54) is 11.1 Å². The van der Waals surface area contributed by atoms with E-state index in [1.807, 2.05) is 6.07 Å². The van der Waals surface area contributed by atoms with Crippen molar-refractivity contribution in [1.29, 1.82) is 0 Å². The molecule has 1 saturated heterocycles. The van der Waals surface area contributed by atoms with Gasteiger partial charge < -0.3 is 9.47 Å². The molecule has 2 heteroatoms. The first-order valence-electron chi connectivity index (χ1n) is 4.96. The first-order valence-corrected chi connectivity index (χ1v) is 4.96. The Balaban J connectivity index is 1.81. The van der Waals surface area contributed by atoms with Crippen molar-refractivity contribution in [2.75, 3.05) is 13.2 Å². The van der Waals surface area contributed by atoms with Gasteiger partial charge in [-0.1, -0.05) is 24.3 Å². The van der Waals surface area contributed by atoms with E-state index in [9.17, 15) is 0 Å². The van der Waals surface area contributed by atoms with Crippen LogP contribution in [-0.4, -0.2) is 19.3 Å². The SMILES string of the molecule is C1=Cc2c(cccc2OCC2CO2)C1. The van der Waals surface area contributed by atoms with Crippen LogP contribution in [0.25, 0.3) is 6.08 Å². The fourth-order valence-corrected chi connectivity index (χ4v) is 1.73. The summed E-state index contributed by atoms with van der Waals surface area (Å²) in [6.07, 6.45) is 5.67. The third-order valence-corrected chi connectivity index (χ3v) is 2.61. The van der Waals surface area contributed by atoms with Crippen LogP contribution in [0, 0.1) is 0 Å². The van der Waals surface area contributed by atoms with E-state index in [2.05, 4.69) is 24.3 Å². The first kappa shape index (κ1) is 8.06. The van der Waals surface area contributed by atoms with E-state index in [1.54, 1.807) is 0 Å². The van der Waals surface area contributed by atoms with Gasteiger partial charge in [-0.3, -0.25) is 0 Å². The quantitative estimate of drug-likeness (QED) is 0.677. The normalized spacial score (nSPS) is 22.1. The van der Waals surface area contributed by atoms with Crippen molar-refractivity contribution in [2.45, 2.75) is 12.5 Å². The second-order valence-corrected chi connectivity index (χ2v) is 3.70. The monoisotopic (exact) mass is 188 g/mol. The summed E-state index contributed by atoms with van der Waals surface area (Å²) >= 11 is 0. The molecule has 2 aliphatic rings. The summed E-state index contributed by atoms with van der Waals surface area (Å²) in [6, 6.07) is 6.22. The average Bonchev–Trinajstić information content (AvgIpc) is 2.91. The van der Waals surface area contributed by atoms with Crippen molar-refractivity contribution in [2.24, 2.45) is 0 Å². The maximum Gasteiger partial charge on any atom is 0.126 e. The summed E-state index contributed by atoms with van der Waals surface area (Å²) in [5.41, 5.74) is 2.60. The molecule has 1 heterocycles. The molecule has 0 radical (unpaired) electrons. The molecule has 1 aromatic carbocycles. The van der Waals surface area contributed by atoms with E-state index in [4.69, 9.17) is 9.47 Å². The van der Waals surface area contributed by atoms with Gasteiger partial charge in [-0.05, 0) is 18.1 Å². The molecule has 3 rings (SSSR count). The highest BCUT2D eigenvalue weighted by atomic mass is 16.6. The molecule has 1 unspecified atom stereocenters. The van der Waals surface area contributed by atoms with Gasteiger partial charge in [-0.25, -0.2) is 0 Å². The summed E-state index contributed by atoms with van der Waals surface area (Å²) in [4.78, 5) is 0. The molecule has 2 nitrogen and oxygen atoms in total. The van der Waals surface area contributed by atoms with Gasteiger partial charge in [0.05, 0.1) is 6.61 Å². The zero-order chi connectivity index (χ0) is 9.38. The van der Waals surface area contributed by atoms with Crippen LogP contribution in [0.1, 0.15) is 11.1 Å². The molecule has 14 heavy (non-hydrogen) atoms. The van der Waals surface area contributed by atoms with Crippen LogP contribution in [0.5, 0.6) is 5.75 Å². The predicted molar refractivity (Wildman–Crippen MR) is 54.4 cm³/mol. The Kier molecular flexibility index (Phi) is 1.81. The number of fused-ring (bicyclic) bond motifs is 1. The fraction of sp³-hybridized carbons (Fsp3) is 0.333. The van der Waals surface area contributed by atoms with Gasteiger partial charge in [0.15, 0.2) is 0 Å². The molecular formula is C12H12O2. The molecule has 1 atom stereocenters. The topological polar surface area (TPSA) is 21.8 Å². The van der Waals surface area contributed by atoms with Crippen molar-refractivity contribution in [1.82, 2.24) is 0 Å². The van der Waals surface area contributed by atoms with Crippen LogP contribution in [0.3, 0.4) is 0 Å². The largest absolute Gasteiger partial charge is 0.490 e. The van der Waals surface area contributed by atoms with E-state index >= 15 is 0 Å². The number of ether oxygens (including phenoxy) is 2. The Morgan fingerprint density at radius 2 is 2.36 bits per heavy atom. The Hall–Kier alpha value is -1.28. The van der Waals surface area contributed by atoms with E-state index in [0.717, 1.165) is 18.8 Å². The summed E-state index contributed by atoms with van der Waals surface area (Å²) in [5.74, 6) is 0.992. The molecule has 0 aromatic heterocycles. The first-order chi connectivity index (χ1) is 6.93. The number of benzene rings is 1. The van der Waals surface area contributed by atoms with Crippen LogP contribution in [0.4, 0.5) is 0 Å². The third-order valence-electron chi connectivity index (χ3n) is 2.61. The van der Waals surface area contributed by atoms with Gasteiger partial charge in [0.25, 0.3) is 0 Å². The minimum Gasteiger partial charge on any atom is -0.490 e. The Morgan fingerprint density at radius 1 is 1.43 bits per heavy atom. The van der Waals surface area contributed by atoms with Gasteiger partial charge >= 0.3 is 0 Å². The molecule has 1 aliphatic heterocycles. The summed E-state index contributed by atoms with van der Waals surface area (Å²) in [5, 5.41) is 0. The lowest BCUT2D eigenvalue weighted by Crippen LogP contribution is -2.05. The molecule has 1 aromatic rings. The molecule has 0 N–H and O–H groups in total. The second kappa shape index (κ2) is 3.14. The summed E-state index contributed by atoms with van der Waals surface area (Å²) in [7, 11) is 0. The predicted octanol–water partition coefficient (Wildman–Crippen LogP) is 2.03. The molecule has 0 bridgehead atoms. The van der Waals surface area contributed by atoms with Gasteiger partial charge in [0.2, 0.25) is 0 Å². The van der Waals surface area contributed by atoms with Crippen LogP contribution in [-0.2, 0) is 11.2 Å². The Bertz CT molecular complexity index is 378.